The summed E-state index contributed by atoms with van der Waals surface area (Å²) in [6, 6.07) is 0. The maximum Gasteiger partial charge on any atom is 0.323 e. The molecule has 0 aromatic heterocycles. The summed E-state index contributed by atoms with van der Waals surface area (Å²) in [6.07, 6.45) is 0.906. The largest absolute Gasteiger partial charge is 0.480 e. The van der Waals surface area contributed by atoms with Gasteiger partial charge in [-0.15, -0.1) is 0 Å². The molecular formula is C9H19NO2. The quantitative estimate of drug-likeness (QED) is 0.679. The highest BCUT2D eigenvalue weighted by Gasteiger charge is 2.32. The first-order chi connectivity index (χ1) is 5.21. The molecule has 0 fully saturated rings. The number of hydrogen-bond acceptors (Lipinski definition) is 2. The van der Waals surface area contributed by atoms with Crippen molar-refractivity contribution in [3.63, 3.8) is 0 Å². The van der Waals surface area contributed by atoms with Crippen molar-refractivity contribution in [3.8, 4) is 0 Å². The van der Waals surface area contributed by atoms with Gasteiger partial charge >= 0.3 is 5.97 Å². The molecule has 0 saturated heterocycles. The van der Waals surface area contributed by atoms with E-state index in [4.69, 9.17) is 5.11 Å². The molecule has 0 aromatic rings. The Hall–Kier alpha value is -0.570. The maximum atomic E-state index is 10.8. The molecule has 72 valence electrons. The van der Waals surface area contributed by atoms with Gasteiger partial charge in [-0.2, -0.15) is 0 Å². The van der Waals surface area contributed by atoms with E-state index >= 15 is 0 Å². The average molecular weight is 173 g/mol. The molecule has 0 bridgehead atoms. The zero-order valence-electron chi connectivity index (χ0n) is 8.56. The molecule has 0 aliphatic heterocycles. The molecule has 0 aliphatic carbocycles. The van der Waals surface area contributed by atoms with Crippen molar-refractivity contribution >= 4 is 5.97 Å². The number of rotatable bonds is 4. The van der Waals surface area contributed by atoms with Gasteiger partial charge in [0.1, 0.15) is 5.54 Å². The fraction of sp³-hybridized carbons (Fsp3) is 0.889. The van der Waals surface area contributed by atoms with Crippen LogP contribution in [0.3, 0.4) is 0 Å². The molecule has 0 saturated carbocycles. The van der Waals surface area contributed by atoms with Crippen molar-refractivity contribution in [1.29, 1.82) is 0 Å². The van der Waals surface area contributed by atoms with Crippen LogP contribution in [0.2, 0.25) is 0 Å². The summed E-state index contributed by atoms with van der Waals surface area (Å²) in [7, 11) is 0. The smallest absolute Gasteiger partial charge is 0.323 e. The van der Waals surface area contributed by atoms with E-state index in [0.29, 0.717) is 0 Å². The number of carboxylic acids is 1. The topological polar surface area (TPSA) is 49.3 Å². The summed E-state index contributed by atoms with van der Waals surface area (Å²) in [5.74, 6) is -0.816. The minimum Gasteiger partial charge on any atom is -0.480 e. The number of carbonyl (C=O) groups is 1. The van der Waals surface area contributed by atoms with E-state index in [0.717, 1.165) is 6.42 Å². The second-order valence-corrected chi connectivity index (χ2v) is 4.29. The van der Waals surface area contributed by atoms with Crippen molar-refractivity contribution in [2.45, 2.75) is 52.1 Å². The van der Waals surface area contributed by atoms with Gasteiger partial charge in [0.15, 0.2) is 0 Å². The van der Waals surface area contributed by atoms with Gasteiger partial charge in [-0.05, 0) is 34.1 Å². The predicted octanol–water partition coefficient (Wildman–Crippen LogP) is 1.63. The predicted molar refractivity (Wildman–Crippen MR) is 49.2 cm³/mol. The Morgan fingerprint density at radius 1 is 1.33 bits per heavy atom. The first-order valence-corrected chi connectivity index (χ1v) is 4.24. The first-order valence-electron chi connectivity index (χ1n) is 4.24. The lowest BCUT2D eigenvalue weighted by Gasteiger charge is -2.33. The van der Waals surface area contributed by atoms with Crippen molar-refractivity contribution in [1.82, 2.24) is 5.32 Å². The van der Waals surface area contributed by atoms with Crippen LogP contribution in [0.1, 0.15) is 41.0 Å². The zero-order valence-corrected chi connectivity index (χ0v) is 8.56. The number of hydrogen-bond donors (Lipinski definition) is 2. The van der Waals surface area contributed by atoms with Crippen LogP contribution in [-0.4, -0.2) is 22.2 Å². The van der Waals surface area contributed by atoms with Gasteiger partial charge in [0.05, 0.1) is 0 Å². The normalized spacial score (nSPS) is 13.1. The minimum atomic E-state index is -0.848. The van der Waals surface area contributed by atoms with Crippen LogP contribution in [0.5, 0.6) is 0 Å². The van der Waals surface area contributed by atoms with Gasteiger partial charge in [-0.3, -0.25) is 10.1 Å². The van der Waals surface area contributed by atoms with E-state index in [1.807, 2.05) is 20.8 Å². The monoisotopic (exact) mass is 173 g/mol. The number of nitrogens with one attached hydrogen (secondary N) is 1. The number of aliphatic carboxylic acids is 1. The molecule has 12 heavy (non-hydrogen) atoms. The molecule has 0 atom stereocenters. The molecule has 0 unspecified atom stereocenters. The Balaban J connectivity index is 4.34. The van der Waals surface area contributed by atoms with E-state index in [1.54, 1.807) is 13.8 Å². The summed E-state index contributed by atoms with van der Waals surface area (Å²) in [5, 5.41) is 11.9. The summed E-state index contributed by atoms with van der Waals surface area (Å²) in [4.78, 5) is 10.8. The molecule has 3 heteroatoms. The third-order valence-electron chi connectivity index (χ3n) is 2.07. The van der Waals surface area contributed by atoms with Crippen LogP contribution in [0.25, 0.3) is 0 Å². The Morgan fingerprint density at radius 3 is 2.00 bits per heavy atom. The molecule has 0 spiro atoms. The van der Waals surface area contributed by atoms with Gasteiger partial charge in [0, 0.05) is 5.54 Å². The molecule has 0 radical (unpaired) electrons. The molecule has 0 aliphatic rings. The molecule has 0 amide bonds. The Morgan fingerprint density at radius 2 is 1.75 bits per heavy atom. The van der Waals surface area contributed by atoms with E-state index in [1.165, 1.54) is 0 Å². The highest BCUT2D eigenvalue weighted by molar-refractivity contribution is 5.77. The SMILES string of the molecule is CCC(C)(C)NC(C)(C)C(=O)O. The van der Waals surface area contributed by atoms with E-state index < -0.39 is 11.5 Å². The second-order valence-electron chi connectivity index (χ2n) is 4.29. The van der Waals surface area contributed by atoms with E-state index in [9.17, 15) is 4.79 Å². The van der Waals surface area contributed by atoms with Gasteiger partial charge < -0.3 is 5.11 Å². The second kappa shape index (κ2) is 3.44. The van der Waals surface area contributed by atoms with Crippen molar-refractivity contribution < 1.29 is 9.90 Å². The Kier molecular flexibility index (Phi) is 3.27. The highest BCUT2D eigenvalue weighted by atomic mass is 16.4. The van der Waals surface area contributed by atoms with Crippen molar-refractivity contribution in [3.05, 3.63) is 0 Å². The molecule has 2 N–H and O–H groups in total. The fourth-order valence-corrected chi connectivity index (χ4v) is 0.988. The standard InChI is InChI=1S/C9H19NO2/c1-6-8(2,3)10-9(4,5)7(11)12/h10H,6H2,1-5H3,(H,11,12). The van der Waals surface area contributed by atoms with Crippen LogP contribution in [-0.2, 0) is 4.79 Å². The molecule has 0 rings (SSSR count). The lowest BCUT2D eigenvalue weighted by molar-refractivity contribution is -0.144. The molecule has 0 aromatic carbocycles. The summed E-state index contributed by atoms with van der Waals surface area (Å²) in [5.41, 5.74) is -0.971. The van der Waals surface area contributed by atoms with Crippen LogP contribution in [0, 0.1) is 0 Å². The van der Waals surface area contributed by atoms with Crippen molar-refractivity contribution in [2.75, 3.05) is 0 Å². The minimum absolute atomic E-state index is 0.123. The first kappa shape index (κ1) is 11.4. The van der Waals surface area contributed by atoms with Crippen LogP contribution >= 0.6 is 0 Å². The van der Waals surface area contributed by atoms with Crippen LogP contribution in [0.15, 0.2) is 0 Å². The van der Waals surface area contributed by atoms with Gasteiger partial charge in [-0.1, -0.05) is 6.92 Å². The maximum absolute atomic E-state index is 10.8. The number of carboxylic acid groups (broad SMARTS) is 1. The Labute approximate surface area is 74.2 Å². The third-order valence-corrected chi connectivity index (χ3v) is 2.07. The van der Waals surface area contributed by atoms with Crippen LogP contribution in [0.4, 0.5) is 0 Å². The Bertz CT molecular complexity index is 173. The molecule has 0 heterocycles. The van der Waals surface area contributed by atoms with Gasteiger partial charge in [-0.25, -0.2) is 0 Å². The summed E-state index contributed by atoms with van der Waals surface area (Å²) >= 11 is 0. The third kappa shape index (κ3) is 3.22. The van der Waals surface area contributed by atoms with Gasteiger partial charge in [0.2, 0.25) is 0 Å². The molecule has 3 nitrogen and oxygen atoms in total. The van der Waals surface area contributed by atoms with E-state index in [2.05, 4.69) is 5.32 Å². The highest BCUT2D eigenvalue weighted by Crippen LogP contribution is 2.14. The van der Waals surface area contributed by atoms with Gasteiger partial charge in [0.25, 0.3) is 0 Å². The average Bonchev–Trinajstić information content (AvgIpc) is 1.85. The summed E-state index contributed by atoms with van der Waals surface area (Å²) < 4.78 is 0. The van der Waals surface area contributed by atoms with Crippen molar-refractivity contribution in [2.24, 2.45) is 0 Å². The van der Waals surface area contributed by atoms with E-state index in [-0.39, 0.29) is 5.54 Å². The lowest BCUT2D eigenvalue weighted by Crippen LogP contribution is -2.56. The van der Waals surface area contributed by atoms with Crippen LogP contribution < -0.4 is 5.32 Å². The molecular weight excluding hydrogens is 154 g/mol. The zero-order chi connectivity index (χ0) is 9.99. The fourth-order valence-electron chi connectivity index (χ4n) is 0.988. The lowest BCUT2D eigenvalue weighted by atomic mass is 9.95. The summed E-state index contributed by atoms with van der Waals surface area (Å²) in [6.45, 7) is 9.37.